The molecule has 1 atom stereocenters. The average molecular weight is 221 g/mol. The van der Waals surface area contributed by atoms with Gasteiger partial charge in [0.2, 0.25) is 0 Å². The summed E-state index contributed by atoms with van der Waals surface area (Å²) in [6, 6.07) is 8.11. The van der Waals surface area contributed by atoms with E-state index < -0.39 is 5.54 Å². The Balaban J connectivity index is 2.32. The summed E-state index contributed by atoms with van der Waals surface area (Å²) >= 11 is 1.57. The van der Waals surface area contributed by atoms with Crippen molar-refractivity contribution in [1.29, 1.82) is 0 Å². The number of unbranched alkanes of at least 4 members (excludes halogenated alkanes) is 1. The highest BCUT2D eigenvalue weighted by Crippen LogP contribution is 2.40. The van der Waals surface area contributed by atoms with Gasteiger partial charge in [-0.15, -0.1) is 0 Å². The summed E-state index contributed by atoms with van der Waals surface area (Å²) < 4.78 is 3.27. The molecule has 0 amide bonds. The molecule has 1 aliphatic heterocycles. The third kappa shape index (κ3) is 1.82. The molecular weight excluding hydrogens is 206 g/mol. The number of carbonyl (C=O) groups is 1. The van der Waals surface area contributed by atoms with Crippen LogP contribution in [0.25, 0.3) is 0 Å². The minimum atomic E-state index is -0.447. The van der Waals surface area contributed by atoms with Crippen LogP contribution in [0.15, 0.2) is 29.2 Å². The van der Waals surface area contributed by atoms with E-state index in [1.54, 1.807) is 11.9 Å². The van der Waals surface area contributed by atoms with Gasteiger partial charge in [0, 0.05) is 4.90 Å². The van der Waals surface area contributed by atoms with Gasteiger partial charge in [0.05, 0.1) is 0 Å². The number of hydrogen-bond acceptors (Lipinski definition) is 3. The maximum absolute atomic E-state index is 11.3. The molecule has 2 rings (SSSR count). The van der Waals surface area contributed by atoms with Crippen LogP contribution < -0.4 is 4.72 Å². The number of nitrogens with one attached hydrogen (secondary N) is 1. The number of hydrogen-bond donors (Lipinski definition) is 1. The zero-order valence-corrected chi connectivity index (χ0v) is 9.64. The standard InChI is InChI=1S/C12H15NOS/c1-2-3-8-12(9-14)10-6-4-5-7-11(10)15-13-12/h4-7,9,13H,2-3,8H2,1H3. The average Bonchev–Trinajstić information content (AvgIpc) is 2.66. The van der Waals surface area contributed by atoms with Crippen LogP contribution in [0, 0.1) is 0 Å². The monoisotopic (exact) mass is 221 g/mol. The van der Waals surface area contributed by atoms with Gasteiger partial charge in [-0.3, -0.25) is 0 Å². The molecule has 1 unspecified atom stereocenters. The van der Waals surface area contributed by atoms with Crippen LogP contribution in [-0.4, -0.2) is 6.29 Å². The second kappa shape index (κ2) is 4.37. The Morgan fingerprint density at radius 1 is 1.47 bits per heavy atom. The van der Waals surface area contributed by atoms with Crippen molar-refractivity contribution in [3.8, 4) is 0 Å². The topological polar surface area (TPSA) is 29.1 Å². The van der Waals surface area contributed by atoms with E-state index >= 15 is 0 Å². The minimum absolute atomic E-state index is 0.447. The third-order valence-corrected chi connectivity index (χ3v) is 3.88. The molecule has 1 aromatic carbocycles. The lowest BCUT2D eigenvalue weighted by molar-refractivity contribution is -0.113. The molecule has 0 saturated carbocycles. The largest absolute Gasteiger partial charge is 0.301 e. The van der Waals surface area contributed by atoms with E-state index in [-0.39, 0.29) is 0 Å². The summed E-state index contributed by atoms with van der Waals surface area (Å²) in [7, 11) is 0. The summed E-state index contributed by atoms with van der Waals surface area (Å²) in [4.78, 5) is 12.5. The first-order chi connectivity index (χ1) is 7.32. The fraction of sp³-hybridized carbons (Fsp3) is 0.417. The lowest BCUT2D eigenvalue weighted by atomic mass is 9.87. The molecule has 1 N–H and O–H groups in total. The van der Waals surface area contributed by atoms with E-state index in [0.717, 1.165) is 31.1 Å². The Morgan fingerprint density at radius 3 is 3.00 bits per heavy atom. The van der Waals surface area contributed by atoms with Crippen molar-refractivity contribution in [3.05, 3.63) is 29.8 Å². The lowest BCUT2D eigenvalue weighted by Crippen LogP contribution is -2.36. The van der Waals surface area contributed by atoms with E-state index in [2.05, 4.69) is 17.7 Å². The second-order valence-corrected chi connectivity index (χ2v) is 4.74. The van der Waals surface area contributed by atoms with Crippen LogP contribution in [0.2, 0.25) is 0 Å². The predicted molar refractivity (Wildman–Crippen MR) is 62.7 cm³/mol. The fourth-order valence-electron chi connectivity index (χ4n) is 1.91. The Labute approximate surface area is 94.6 Å². The van der Waals surface area contributed by atoms with E-state index in [1.807, 2.05) is 18.2 Å². The van der Waals surface area contributed by atoms with Crippen LogP contribution in [0.4, 0.5) is 0 Å². The van der Waals surface area contributed by atoms with Crippen LogP contribution in [0.1, 0.15) is 31.7 Å². The molecule has 0 saturated heterocycles. The highest BCUT2D eigenvalue weighted by molar-refractivity contribution is 7.97. The van der Waals surface area contributed by atoms with Crippen LogP contribution in [0.5, 0.6) is 0 Å². The van der Waals surface area contributed by atoms with Gasteiger partial charge in [0.1, 0.15) is 11.8 Å². The first kappa shape index (κ1) is 10.7. The van der Waals surface area contributed by atoms with Crippen molar-refractivity contribution in [2.24, 2.45) is 0 Å². The summed E-state index contributed by atoms with van der Waals surface area (Å²) in [6.07, 6.45) is 4.13. The number of fused-ring (bicyclic) bond motifs is 1. The van der Waals surface area contributed by atoms with Crippen LogP contribution >= 0.6 is 11.9 Å². The first-order valence-electron chi connectivity index (χ1n) is 5.32. The Kier molecular flexibility index (Phi) is 3.12. The van der Waals surface area contributed by atoms with Gasteiger partial charge in [-0.05, 0) is 30.0 Å². The van der Waals surface area contributed by atoms with E-state index in [4.69, 9.17) is 0 Å². The molecular formula is C12H15NOS. The van der Waals surface area contributed by atoms with Crippen molar-refractivity contribution in [3.63, 3.8) is 0 Å². The highest BCUT2D eigenvalue weighted by Gasteiger charge is 2.38. The molecule has 2 nitrogen and oxygen atoms in total. The molecule has 0 radical (unpaired) electrons. The molecule has 0 aliphatic carbocycles. The molecule has 80 valence electrons. The van der Waals surface area contributed by atoms with Crippen molar-refractivity contribution in [2.75, 3.05) is 0 Å². The van der Waals surface area contributed by atoms with Gasteiger partial charge in [-0.1, -0.05) is 38.0 Å². The van der Waals surface area contributed by atoms with Crippen LogP contribution in [0.3, 0.4) is 0 Å². The van der Waals surface area contributed by atoms with E-state index in [0.29, 0.717) is 0 Å². The summed E-state index contributed by atoms with van der Waals surface area (Å²) in [5.41, 5.74) is 0.690. The first-order valence-corrected chi connectivity index (χ1v) is 6.14. The maximum atomic E-state index is 11.3. The van der Waals surface area contributed by atoms with Crippen molar-refractivity contribution < 1.29 is 4.79 Å². The number of carbonyl (C=O) groups excluding carboxylic acids is 1. The lowest BCUT2D eigenvalue weighted by Gasteiger charge is -2.22. The Bertz CT molecular complexity index is 366. The zero-order valence-electron chi connectivity index (χ0n) is 8.82. The van der Waals surface area contributed by atoms with Gasteiger partial charge in [0.15, 0.2) is 0 Å². The van der Waals surface area contributed by atoms with Crippen LogP contribution in [-0.2, 0) is 10.3 Å². The quantitative estimate of drug-likeness (QED) is 0.626. The van der Waals surface area contributed by atoms with Gasteiger partial charge < -0.3 is 4.79 Å². The molecule has 0 fully saturated rings. The van der Waals surface area contributed by atoms with Gasteiger partial charge in [-0.25, -0.2) is 4.72 Å². The molecule has 1 aliphatic rings. The summed E-state index contributed by atoms with van der Waals surface area (Å²) in [5, 5.41) is 0. The second-order valence-electron chi connectivity index (χ2n) is 3.89. The maximum Gasteiger partial charge on any atom is 0.145 e. The zero-order chi connectivity index (χ0) is 10.7. The highest BCUT2D eigenvalue weighted by atomic mass is 32.2. The van der Waals surface area contributed by atoms with Crippen molar-refractivity contribution in [1.82, 2.24) is 4.72 Å². The van der Waals surface area contributed by atoms with Gasteiger partial charge in [-0.2, -0.15) is 0 Å². The molecule has 0 aromatic heterocycles. The molecule has 1 heterocycles. The Morgan fingerprint density at radius 2 is 2.27 bits per heavy atom. The molecule has 15 heavy (non-hydrogen) atoms. The van der Waals surface area contributed by atoms with Crippen molar-refractivity contribution >= 4 is 18.2 Å². The molecule has 0 bridgehead atoms. The fourth-order valence-corrected chi connectivity index (χ4v) is 2.97. The normalized spacial score (nSPS) is 23.8. The third-order valence-electron chi connectivity index (χ3n) is 2.84. The van der Waals surface area contributed by atoms with E-state index in [9.17, 15) is 4.79 Å². The number of benzene rings is 1. The smallest absolute Gasteiger partial charge is 0.145 e. The summed E-state index contributed by atoms with van der Waals surface area (Å²) in [5.74, 6) is 0. The summed E-state index contributed by atoms with van der Waals surface area (Å²) in [6.45, 7) is 2.15. The van der Waals surface area contributed by atoms with Crippen molar-refractivity contribution in [2.45, 2.75) is 36.6 Å². The minimum Gasteiger partial charge on any atom is -0.301 e. The van der Waals surface area contributed by atoms with Gasteiger partial charge in [0.25, 0.3) is 0 Å². The van der Waals surface area contributed by atoms with Gasteiger partial charge >= 0.3 is 0 Å². The molecule has 3 heteroatoms. The molecule has 1 aromatic rings. The molecule has 0 spiro atoms. The SMILES string of the molecule is CCCCC1(C=O)NSc2ccccc21. The predicted octanol–water partition coefficient (Wildman–Crippen LogP) is 2.88. The Hall–Kier alpha value is -0.800. The van der Waals surface area contributed by atoms with E-state index in [1.165, 1.54) is 4.90 Å². The number of rotatable bonds is 4. The number of aldehydes is 1.